The third kappa shape index (κ3) is 3.80. The Morgan fingerprint density at radius 3 is 2.67 bits per heavy atom. The third-order valence-electron chi connectivity index (χ3n) is 2.67. The van der Waals surface area contributed by atoms with Gasteiger partial charge in [-0.2, -0.15) is 0 Å². The van der Waals surface area contributed by atoms with Crippen molar-refractivity contribution in [2.45, 2.75) is 45.2 Å². The number of nitrogens with one attached hydrogen (secondary N) is 1. The van der Waals surface area contributed by atoms with Crippen molar-refractivity contribution in [1.29, 1.82) is 0 Å². The third-order valence-corrected chi connectivity index (χ3v) is 3.21. The maximum Gasteiger partial charge on any atom is 0.0545 e. The van der Waals surface area contributed by atoms with Gasteiger partial charge in [0, 0.05) is 23.2 Å². The molecule has 1 aromatic rings. The Labute approximate surface area is 97.1 Å². The van der Waals surface area contributed by atoms with E-state index in [0.29, 0.717) is 0 Å². The van der Waals surface area contributed by atoms with Crippen LogP contribution in [0.15, 0.2) is 18.2 Å². The standard InChI is InChI=1S/C12H19ClN2/c1-9-6-5-7-11(15-9)8-14-12(3,4)10(2)13/h5-7,10,14H,8H2,1-4H3. The zero-order valence-electron chi connectivity index (χ0n) is 9.84. The number of hydrogen-bond acceptors (Lipinski definition) is 2. The van der Waals surface area contributed by atoms with Crippen molar-refractivity contribution in [2.24, 2.45) is 0 Å². The van der Waals surface area contributed by atoms with Gasteiger partial charge in [-0.15, -0.1) is 11.6 Å². The summed E-state index contributed by atoms with van der Waals surface area (Å²) in [7, 11) is 0. The van der Waals surface area contributed by atoms with Crippen LogP contribution in [0, 0.1) is 6.92 Å². The van der Waals surface area contributed by atoms with Gasteiger partial charge in [-0.05, 0) is 39.8 Å². The SMILES string of the molecule is Cc1cccc(CNC(C)(C)C(C)Cl)n1. The fourth-order valence-corrected chi connectivity index (χ4v) is 1.23. The summed E-state index contributed by atoms with van der Waals surface area (Å²) in [4.78, 5) is 4.43. The molecular weight excluding hydrogens is 208 g/mol. The molecule has 0 saturated heterocycles. The van der Waals surface area contributed by atoms with Gasteiger partial charge in [0.2, 0.25) is 0 Å². The average Bonchev–Trinajstić information content (AvgIpc) is 2.15. The first kappa shape index (κ1) is 12.5. The number of alkyl halides is 1. The van der Waals surface area contributed by atoms with E-state index in [9.17, 15) is 0 Å². The number of rotatable bonds is 4. The fourth-order valence-electron chi connectivity index (χ4n) is 1.16. The molecule has 1 aromatic heterocycles. The number of hydrogen-bond donors (Lipinski definition) is 1. The lowest BCUT2D eigenvalue weighted by atomic mass is 10.0. The van der Waals surface area contributed by atoms with Crippen LogP contribution in [-0.2, 0) is 6.54 Å². The molecule has 0 aliphatic rings. The van der Waals surface area contributed by atoms with E-state index in [0.717, 1.165) is 17.9 Å². The molecule has 1 unspecified atom stereocenters. The molecule has 0 spiro atoms. The molecule has 0 amide bonds. The lowest BCUT2D eigenvalue weighted by Gasteiger charge is -2.29. The number of nitrogens with zero attached hydrogens (tertiary/aromatic N) is 1. The summed E-state index contributed by atoms with van der Waals surface area (Å²) >= 11 is 6.08. The fraction of sp³-hybridized carbons (Fsp3) is 0.583. The number of halogens is 1. The van der Waals surface area contributed by atoms with Crippen molar-refractivity contribution in [3.8, 4) is 0 Å². The van der Waals surface area contributed by atoms with Crippen LogP contribution in [0.5, 0.6) is 0 Å². The summed E-state index contributed by atoms with van der Waals surface area (Å²) in [5.41, 5.74) is 2.03. The van der Waals surface area contributed by atoms with Crippen molar-refractivity contribution in [3.05, 3.63) is 29.6 Å². The monoisotopic (exact) mass is 226 g/mol. The minimum absolute atomic E-state index is 0.0764. The molecule has 0 fully saturated rings. The number of pyridine rings is 1. The first-order valence-corrected chi connectivity index (χ1v) is 5.67. The van der Waals surface area contributed by atoms with Gasteiger partial charge in [0.1, 0.15) is 0 Å². The highest BCUT2D eigenvalue weighted by atomic mass is 35.5. The lowest BCUT2D eigenvalue weighted by Crippen LogP contribution is -2.45. The smallest absolute Gasteiger partial charge is 0.0545 e. The summed E-state index contributed by atoms with van der Waals surface area (Å²) in [5.74, 6) is 0. The molecule has 0 radical (unpaired) electrons. The van der Waals surface area contributed by atoms with E-state index in [4.69, 9.17) is 11.6 Å². The Bertz CT molecular complexity index is 321. The van der Waals surface area contributed by atoms with E-state index in [1.165, 1.54) is 0 Å². The molecule has 0 bridgehead atoms. The first-order valence-electron chi connectivity index (χ1n) is 5.23. The van der Waals surface area contributed by atoms with E-state index in [-0.39, 0.29) is 10.9 Å². The van der Waals surface area contributed by atoms with Crippen molar-refractivity contribution in [2.75, 3.05) is 0 Å². The molecule has 1 heterocycles. The predicted molar refractivity (Wildman–Crippen MR) is 65.2 cm³/mol. The van der Waals surface area contributed by atoms with Crippen molar-refractivity contribution in [3.63, 3.8) is 0 Å². The predicted octanol–water partition coefficient (Wildman–Crippen LogP) is 2.89. The minimum atomic E-state index is -0.0764. The largest absolute Gasteiger partial charge is 0.305 e. The van der Waals surface area contributed by atoms with Gasteiger partial charge in [-0.25, -0.2) is 0 Å². The molecule has 0 aromatic carbocycles. The molecule has 84 valence electrons. The van der Waals surface area contributed by atoms with Gasteiger partial charge in [-0.1, -0.05) is 6.07 Å². The lowest BCUT2D eigenvalue weighted by molar-refractivity contribution is 0.378. The highest BCUT2D eigenvalue weighted by Gasteiger charge is 2.22. The van der Waals surface area contributed by atoms with E-state index < -0.39 is 0 Å². The quantitative estimate of drug-likeness (QED) is 0.799. The summed E-state index contributed by atoms with van der Waals surface area (Å²) in [6.45, 7) is 8.95. The summed E-state index contributed by atoms with van der Waals surface area (Å²) < 4.78 is 0. The van der Waals surface area contributed by atoms with Crippen LogP contribution >= 0.6 is 11.6 Å². The van der Waals surface area contributed by atoms with Crippen LogP contribution in [0.2, 0.25) is 0 Å². The molecule has 1 rings (SSSR count). The van der Waals surface area contributed by atoms with Gasteiger partial charge in [0.25, 0.3) is 0 Å². The van der Waals surface area contributed by atoms with Crippen LogP contribution in [0.25, 0.3) is 0 Å². The highest BCUT2D eigenvalue weighted by molar-refractivity contribution is 6.21. The zero-order chi connectivity index (χ0) is 11.5. The van der Waals surface area contributed by atoms with Crippen LogP contribution in [0.1, 0.15) is 32.2 Å². The number of aromatic nitrogens is 1. The Hall–Kier alpha value is -0.600. The Morgan fingerprint density at radius 2 is 2.13 bits per heavy atom. The van der Waals surface area contributed by atoms with E-state index in [1.807, 2.05) is 32.0 Å². The Morgan fingerprint density at radius 1 is 1.47 bits per heavy atom. The van der Waals surface area contributed by atoms with Gasteiger partial charge < -0.3 is 5.32 Å². The Kier molecular flexibility index (Phi) is 4.12. The van der Waals surface area contributed by atoms with Crippen LogP contribution < -0.4 is 5.32 Å². The van der Waals surface area contributed by atoms with Crippen LogP contribution in [-0.4, -0.2) is 15.9 Å². The van der Waals surface area contributed by atoms with Crippen molar-refractivity contribution in [1.82, 2.24) is 10.3 Å². The van der Waals surface area contributed by atoms with Crippen LogP contribution in [0.4, 0.5) is 0 Å². The average molecular weight is 227 g/mol. The van der Waals surface area contributed by atoms with Gasteiger partial charge in [0.15, 0.2) is 0 Å². The second-order valence-electron chi connectivity index (χ2n) is 4.46. The topological polar surface area (TPSA) is 24.9 Å². The molecule has 0 aliphatic carbocycles. The zero-order valence-corrected chi connectivity index (χ0v) is 10.6. The highest BCUT2D eigenvalue weighted by Crippen LogP contribution is 2.15. The van der Waals surface area contributed by atoms with Gasteiger partial charge >= 0.3 is 0 Å². The van der Waals surface area contributed by atoms with Gasteiger partial charge in [-0.3, -0.25) is 4.98 Å². The summed E-state index contributed by atoms with van der Waals surface area (Å²) in [6, 6.07) is 6.05. The first-order chi connectivity index (χ1) is 6.92. The second kappa shape index (κ2) is 4.95. The maximum atomic E-state index is 6.08. The molecule has 1 N–H and O–H groups in total. The molecule has 2 nitrogen and oxygen atoms in total. The van der Waals surface area contributed by atoms with Crippen molar-refractivity contribution >= 4 is 11.6 Å². The molecular formula is C12H19ClN2. The van der Waals surface area contributed by atoms with E-state index in [2.05, 4.69) is 24.1 Å². The van der Waals surface area contributed by atoms with Gasteiger partial charge in [0.05, 0.1) is 5.69 Å². The normalized spacial score (nSPS) is 13.9. The van der Waals surface area contributed by atoms with Crippen molar-refractivity contribution < 1.29 is 0 Å². The van der Waals surface area contributed by atoms with E-state index >= 15 is 0 Å². The molecule has 15 heavy (non-hydrogen) atoms. The summed E-state index contributed by atoms with van der Waals surface area (Å²) in [5, 5.41) is 3.49. The van der Waals surface area contributed by atoms with E-state index in [1.54, 1.807) is 0 Å². The molecule has 1 atom stereocenters. The molecule has 0 saturated carbocycles. The minimum Gasteiger partial charge on any atom is -0.305 e. The van der Waals surface area contributed by atoms with Crippen LogP contribution in [0.3, 0.4) is 0 Å². The Balaban J connectivity index is 2.57. The molecule has 3 heteroatoms. The maximum absolute atomic E-state index is 6.08. The number of aryl methyl sites for hydroxylation is 1. The summed E-state index contributed by atoms with van der Waals surface area (Å²) in [6.07, 6.45) is 0. The molecule has 0 aliphatic heterocycles. The second-order valence-corrected chi connectivity index (χ2v) is 5.12.